The van der Waals surface area contributed by atoms with Gasteiger partial charge in [0.15, 0.2) is 0 Å². The monoisotopic (exact) mass is 259 g/mol. The van der Waals surface area contributed by atoms with Gasteiger partial charge in [-0.1, -0.05) is 0 Å². The van der Waals surface area contributed by atoms with E-state index in [-0.39, 0.29) is 11.3 Å². The molecule has 0 aliphatic heterocycles. The molecule has 1 fully saturated rings. The molecular formula is C11H14ClNO2S. The Morgan fingerprint density at radius 3 is 3.06 bits per heavy atom. The highest BCUT2D eigenvalue weighted by Gasteiger charge is 2.29. The summed E-state index contributed by atoms with van der Waals surface area (Å²) in [6.07, 6.45) is 2.38. The Balaban J connectivity index is 1.82. The van der Waals surface area contributed by atoms with Gasteiger partial charge in [-0.3, -0.25) is 4.79 Å². The number of halogens is 1. The van der Waals surface area contributed by atoms with E-state index in [1.807, 2.05) is 5.38 Å². The maximum Gasteiger partial charge on any atom is 0.261 e. The van der Waals surface area contributed by atoms with Crippen molar-refractivity contribution >= 4 is 28.8 Å². The lowest BCUT2D eigenvalue weighted by atomic mass is 10.3. The molecule has 1 N–H and O–H groups in total. The van der Waals surface area contributed by atoms with Crippen LogP contribution >= 0.6 is 22.9 Å². The third-order valence-corrected chi connectivity index (χ3v) is 4.04. The second kappa shape index (κ2) is 5.06. The van der Waals surface area contributed by atoms with Crippen molar-refractivity contribution in [1.29, 1.82) is 0 Å². The number of methoxy groups -OCH3 is 1. The van der Waals surface area contributed by atoms with E-state index >= 15 is 0 Å². The summed E-state index contributed by atoms with van der Waals surface area (Å²) in [4.78, 5) is 12.4. The van der Waals surface area contributed by atoms with Crippen LogP contribution in [0.2, 0.25) is 0 Å². The number of carbonyl (C=O) groups excluding carboxylic acids is 1. The second-order valence-electron chi connectivity index (χ2n) is 3.91. The first-order valence-corrected chi connectivity index (χ1v) is 6.57. The van der Waals surface area contributed by atoms with E-state index < -0.39 is 0 Å². The zero-order valence-electron chi connectivity index (χ0n) is 9.03. The molecule has 3 nitrogen and oxygen atoms in total. The number of nitrogens with one attached hydrogen (secondary N) is 1. The SMILES string of the molecule is COc1csc(C(=O)NCC(Cl)C2CC2)c1. The summed E-state index contributed by atoms with van der Waals surface area (Å²) in [6.45, 7) is 0.547. The molecule has 1 heterocycles. The molecule has 0 radical (unpaired) electrons. The van der Waals surface area contributed by atoms with Crippen molar-refractivity contribution in [3.05, 3.63) is 16.3 Å². The molecule has 0 aromatic carbocycles. The van der Waals surface area contributed by atoms with Crippen LogP contribution in [0.15, 0.2) is 11.4 Å². The maximum atomic E-state index is 11.7. The molecule has 1 aromatic rings. The summed E-state index contributed by atoms with van der Waals surface area (Å²) in [5, 5.41) is 4.73. The van der Waals surface area contributed by atoms with Crippen LogP contribution in [-0.4, -0.2) is 24.9 Å². The van der Waals surface area contributed by atoms with Crippen LogP contribution in [0.4, 0.5) is 0 Å². The van der Waals surface area contributed by atoms with Crippen molar-refractivity contribution in [3.63, 3.8) is 0 Å². The highest BCUT2D eigenvalue weighted by Crippen LogP contribution is 2.35. The Morgan fingerprint density at radius 2 is 2.50 bits per heavy atom. The van der Waals surface area contributed by atoms with Crippen molar-refractivity contribution in [1.82, 2.24) is 5.32 Å². The lowest BCUT2D eigenvalue weighted by Gasteiger charge is -2.08. The zero-order chi connectivity index (χ0) is 11.5. The number of alkyl halides is 1. The fourth-order valence-electron chi connectivity index (χ4n) is 1.45. The first kappa shape index (κ1) is 11.7. The largest absolute Gasteiger partial charge is 0.496 e. The Bertz CT molecular complexity index is 376. The Labute approximate surface area is 104 Å². The predicted molar refractivity (Wildman–Crippen MR) is 65.6 cm³/mol. The van der Waals surface area contributed by atoms with Crippen molar-refractivity contribution in [2.45, 2.75) is 18.2 Å². The van der Waals surface area contributed by atoms with Gasteiger partial charge in [-0.15, -0.1) is 22.9 Å². The number of carbonyl (C=O) groups is 1. The van der Waals surface area contributed by atoms with Crippen LogP contribution in [0.3, 0.4) is 0 Å². The van der Waals surface area contributed by atoms with Crippen LogP contribution in [0.1, 0.15) is 22.5 Å². The van der Waals surface area contributed by atoms with E-state index in [4.69, 9.17) is 16.3 Å². The van der Waals surface area contributed by atoms with E-state index in [0.717, 1.165) is 5.75 Å². The Kier molecular flexibility index (Phi) is 3.71. The molecule has 2 rings (SSSR count). The summed E-state index contributed by atoms with van der Waals surface area (Å²) in [7, 11) is 1.59. The Hall–Kier alpha value is -0.740. The molecule has 1 amide bonds. The molecule has 1 unspecified atom stereocenters. The number of hydrogen-bond donors (Lipinski definition) is 1. The first-order valence-electron chi connectivity index (χ1n) is 5.25. The van der Waals surface area contributed by atoms with Gasteiger partial charge < -0.3 is 10.1 Å². The molecule has 5 heteroatoms. The molecular weight excluding hydrogens is 246 g/mol. The van der Waals surface area contributed by atoms with Crippen LogP contribution in [0.5, 0.6) is 5.75 Å². The number of hydrogen-bond acceptors (Lipinski definition) is 3. The van der Waals surface area contributed by atoms with Crippen molar-refractivity contribution in [2.75, 3.05) is 13.7 Å². The standard InChI is InChI=1S/C11H14ClNO2S/c1-15-8-4-10(16-6-8)11(14)13-5-9(12)7-2-3-7/h4,6-7,9H,2-3,5H2,1H3,(H,13,14). The molecule has 1 saturated carbocycles. The fourth-order valence-corrected chi connectivity index (χ4v) is 2.55. The predicted octanol–water partition coefficient (Wildman–Crippen LogP) is 2.50. The summed E-state index contributed by atoms with van der Waals surface area (Å²) in [5.41, 5.74) is 0. The van der Waals surface area contributed by atoms with Crippen LogP contribution < -0.4 is 10.1 Å². The number of rotatable bonds is 5. The van der Waals surface area contributed by atoms with Gasteiger partial charge in [0.1, 0.15) is 5.75 Å². The summed E-state index contributed by atoms with van der Waals surface area (Å²) >= 11 is 7.48. The van der Waals surface area contributed by atoms with E-state index in [2.05, 4.69) is 5.32 Å². The minimum atomic E-state index is -0.0698. The summed E-state index contributed by atoms with van der Waals surface area (Å²) < 4.78 is 5.02. The highest BCUT2D eigenvalue weighted by molar-refractivity contribution is 7.12. The van der Waals surface area contributed by atoms with Crippen molar-refractivity contribution in [2.24, 2.45) is 5.92 Å². The molecule has 88 valence electrons. The van der Waals surface area contributed by atoms with Gasteiger partial charge in [-0.2, -0.15) is 0 Å². The van der Waals surface area contributed by atoms with Crippen LogP contribution in [0.25, 0.3) is 0 Å². The molecule has 1 atom stereocenters. The van der Waals surface area contributed by atoms with E-state index in [9.17, 15) is 4.79 Å². The average Bonchev–Trinajstić information content (AvgIpc) is 3.03. The smallest absolute Gasteiger partial charge is 0.261 e. The molecule has 0 spiro atoms. The van der Waals surface area contributed by atoms with E-state index in [1.165, 1.54) is 24.2 Å². The third kappa shape index (κ3) is 2.89. The average molecular weight is 260 g/mol. The fraction of sp³-hybridized carbons (Fsp3) is 0.545. The van der Waals surface area contributed by atoms with Gasteiger partial charge in [0, 0.05) is 18.0 Å². The normalized spacial score (nSPS) is 16.9. The second-order valence-corrected chi connectivity index (χ2v) is 5.39. The molecule has 1 aliphatic rings. The van der Waals surface area contributed by atoms with Gasteiger partial charge in [0.05, 0.1) is 17.4 Å². The van der Waals surface area contributed by atoms with Crippen LogP contribution in [0, 0.1) is 5.92 Å². The number of amides is 1. The van der Waals surface area contributed by atoms with Crippen LogP contribution in [-0.2, 0) is 0 Å². The molecule has 1 aliphatic carbocycles. The van der Waals surface area contributed by atoms with Crippen molar-refractivity contribution < 1.29 is 9.53 Å². The quantitative estimate of drug-likeness (QED) is 0.825. The van der Waals surface area contributed by atoms with Crippen molar-refractivity contribution in [3.8, 4) is 5.75 Å². The molecule has 0 saturated heterocycles. The van der Waals surface area contributed by atoms with Gasteiger partial charge in [0.25, 0.3) is 5.91 Å². The third-order valence-electron chi connectivity index (χ3n) is 2.63. The van der Waals surface area contributed by atoms with Gasteiger partial charge in [-0.05, 0) is 18.8 Å². The lowest BCUT2D eigenvalue weighted by molar-refractivity contribution is 0.0957. The highest BCUT2D eigenvalue weighted by atomic mass is 35.5. The van der Waals surface area contributed by atoms with Gasteiger partial charge in [-0.25, -0.2) is 0 Å². The maximum absolute atomic E-state index is 11.7. The molecule has 16 heavy (non-hydrogen) atoms. The number of ether oxygens (including phenoxy) is 1. The first-order chi connectivity index (χ1) is 7.70. The Morgan fingerprint density at radius 1 is 1.75 bits per heavy atom. The minimum Gasteiger partial charge on any atom is -0.496 e. The van der Waals surface area contributed by atoms with E-state index in [1.54, 1.807) is 13.2 Å². The molecule has 1 aromatic heterocycles. The topological polar surface area (TPSA) is 38.3 Å². The summed E-state index contributed by atoms with van der Waals surface area (Å²) in [5.74, 6) is 1.25. The summed E-state index contributed by atoms with van der Waals surface area (Å²) in [6, 6.07) is 1.74. The lowest BCUT2D eigenvalue weighted by Crippen LogP contribution is -2.30. The number of thiophene rings is 1. The minimum absolute atomic E-state index is 0.0698. The van der Waals surface area contributed by atoms with E-state index in [0.29, 0.717) is 17.3 Å². The zero-order valence-corrected chi connectivity index (χ0v) is 10.6. The molecule has 0 bridgehead atoms. The van der Waals surface area contributed by atoms with Gasteiger partial charge >= 0.3 is 0 Å². The van der Waals surface area contributed by atoms with Gasteiger partial charge in [0.2, 0.25) is 0 Å².